The maximum absolute atomic E-state index is 12.4. The van der Waals surface area contributed by atoms with Gasteiger partial charge < -0.3 is 4.52 Å². The molecule has 0 saturated carbocycles. The molecule has 0 aliphatic heterocycles. The van der Waals surface area contributed by atoms with E-state index < -0.39 is 34.0 Å². The van der Waals surface area contributed by atoms with Gasteiger partial charge in [-0.15, -0.1) is 0 Å². The topological polar surface area (TPSA) is 103 Å². The zero-order valence-electron chi connectivity index (χ0n) is 11.5. The van der Waals surface area contributed by atoms with E-state index >= 15 is 0 Å². The number of nitrogens with one attached hydrogen (secondary N) is 1. The van der Waals surface area contributed by atoms with Gasteiger partial charge in [0.2, 0.25) is 10.0 Å². The number of aryl methyl sites for hydroxylation is 1. The zero-order valence-corrected chi connectivity index (χ0v) is 12.3. The van der Waals surface area contributed by atoms with Gasteiger partial charge in [-0.25, -0.2) is 13.1 Å². The van der Waals surface area contributed by atoms with Crippen molar-refractivity contribution in [2.24, 2.45) is 0 Å². The summed E-state index contributed by atoms with van der Waals surface area (Å²) in [4.78, 5) is 3.02. The fraction of sp³-hybridized carbons (Fsp3) is 0.500. The average Bonchev–Trinajstić information content (AvgIpc) is 3.07. The van der Waals surface area contributed by atoms with E-state index in [4.69, 9.17) is 0 Å². The number of nitrogens with zero attached hydrogens (tertiary/aromatic N) is 4. The van der Waals surface area contributed by atoms with Crippen molar-refractivity contribution in [1.82, 2.24) is 24.6 Å². The second-order valence-corrected chi connectivity index (χ2v) is 6.04. The van der Waals surface area contributed by atoms with Crippen LogP contribution in [0.15, 0.2) is 21.8 Å². The predicted octanol–water partition coefficient (Wildman–Crippen LogP) is 1.34. The van der Waals surface area contributed by atoms with Gasteiger partial charge in [-0.05, 0) is 13.8 Å². The molecule has 0 aliphatic rings. The van der Waals surface area contributed by atoms with Gasteiger partial charge in [-0.1, -0.05) is 5.16 Å². The van der Waals surface area contributed by atoms with Crippen LogP contribution < -0.4 is 4.72 Å². The van der Waals surface area contributed by atoms with Crippen molar-refractivity contribution in [2.75, 3.05) is 0 Å². The van der Waals surface area contributed by atoms with Crippen LogP contribution in [0, 0.1) is 0 Å². The first-order valence-electron chi connectivity index (χ1n) is 6.09. The first-order valence-corrected chi connectivity index (χ1v) is 7.57. The van der Waals surface area contributed by atoms with Crippen LogP contribution in [0.1, 0.15) is 31.6 Å². The Labute approximate surface area is 123 Å². The second-order valence-electron chi connectivity index (χ2n) is 4.33. The van der Waals surface area contributed by atoms with Gasteiger partial charge in [-0.2, -0.15) is 23.3 Å². The molecule has 0 spiro atoms. The van der Waals surface area contributed by atoms with Crippen molar-refractivity contribution >= 4 is 10.0 Å². The summed E-state index contributed by atoms with van der Waals surface area (Å²) >= 11 is 0. The molecule has 8 nitrogen and oxygen atoms in total. The molecule has 1 N–H and O–H groups in total. The van der Waals surface area contributed by atoms with E-state index in [0.717, 1.165) is 6.20 Å². The number of hydrogen-bond acceptors (Lipinski definition) is 6. The van der Waals surface area contributed by atoms with Crippen LogP contribution in [0.25, 0.3) is 0 Å². The van der Waals surface area contributed by atoms with Crippen LogP contribution in [0.3, 0.4) is 0 Å². The van der Waals surface area contributed by atoms with E-state index in [0.29, 0.717) is 6.54 Å². The molecule has 0 aromatic carbocycles. The summed E-state index contributed by atoms with van der Waals surface area (Å²) < 4.78 is 68.9. The van der Waals surface area contributed by atoms with E-state index in [9.17, 15) is 21.6 Å². The molecule has 0 bridgehead atoms. The average molecular weight is 339 g/mol. The third-order valence-corrected chi connectivity index (χ3v) is 4.14. The second kappa shape index (κ2) is 5.68. The molecule has 2 heterocycles. The highest BCUT2D eigenvalue weighted by Crippen LogP contribution is 2.28. The highest BCUT2D eigenvalue weighted by molar-refractivity contribution is 7.89. The molecule has 0 unspecified atom stereocenters. The number of halogens is 3. The number of alkyl halides is 3. The van der Waals surface area contributed by atoms with Crippen molar-refractivity contribution in [3.05, 3.63) is 24.1 Å². The Morgan fingerprint density at radius 1 is 1.45 bits per heavy atom. The van der Waals surface area contributed by atoms with Gasteiger partial charge >= 0.3 is 12.1 Å². The van der Waals surface area contributed by atoms with Crippen molar-refractivity contribution in [1.29, 1.82) is 0 Å². The normalized spacial score (nSPS) is 14.2. The minimum absolute atomic E-state index is 0.110. The first kappa shape index (κ1) is 16.4. The molecule has 0 aliphatic carbocycles. The van der Waals surface area contributed by atoms with Crippen molar-refractivity contribution < 1.29 is 26.1 Å². The van der Waals surface area contributed by atoms with Gasteiger partial charge in [0.25, 0.3) is 0 Å². The molecule has 0 fully saturated rings. The fourth-order valence-corrected chi connectivity index (χ4v) is 2.69. The van der Waals surface area contributed by atoms with Gasteiger partial charge in [0.05, 0.1) is 12.2 Å². The van der Waals surface area contributed by atoms with Crippen molar-refractivity contribution in [2.45, 2.75) is 37.5 Å². The summed E-state index contributed by atoms with van der Waals surface area (Å²) in [6, 6.07) is -1.10. The summed E-state index contributed by atoms with van der Waals surface area (Å²) in [5, 5.41) is 6.94. The Bertz CT molecular complexity index is 752. The summed E-state index contributed by atoms with van der Waals surface area (Å²) in [6.07, 6.45) is -2.35. The monoisotopic (exact) mass is 339 g/mol. The minimum Gasteiger partial charge on any atom is -0.329 e. The van der Waals surface area contributed by atoms with E-state index in [-0.39, 0.29) is 4.90 Å². The quantitative estimate of drug-likeness (QED) is 0.882. The summed E-state index contributed by atoms with van der Waals surface area (Å²) in [5.74, 6) is -1.95. The van der Waals surface area contributed by atoms with Crippen LogP contribution in [0.2, 0.25) is 0 Å². The summed E-state index contributed by atoms with van der Waals surface area (Å²) in [5.41, 5.74) is 0. The van der Waals surface area contributed by atoms with Gasteiger partial charge in [0, 0.05) is 12.7 Å². The summed E-state index contributed by atoms with van der Waals surface area (Å²) in [7, 11) is -3.96. The van der Waals surface area contributed by atoms with Crippen LogP contribution in [-0.4, -0.2) is 28.3 Å². The van der Waals surface area contributed by atoms with Gasteiger partial charge in [-0.3, -0.25) is 4.68 Å². The Kier molecular flexibility index (Phi) is 4.24. The number of sulfonamides is 1. The van der Waals surface area contributed by atoms with Gasteiger partial charge in [0.15, 0.2) is 5.82 Å². The van der Waals surface area contributed by atoms with Gasteiger partial charge in [0.1, 0.15) is 4.90 Å². The van der Waals surface area contributed by atoms with Crippen LogP contribution in [0.5, 0.6) is 0 Å². The van der Waals surface area contributed by atoms with Crippen molar-refractivity contribution in [3.8, 4) is 0 Å². The highest BCUT2D eigenvalue weighted by Gasteiger charge is 2.39. The number of aromatic nitrogens is 4. The molecule has 2 rings (SSSR count). The maximum atomic E-state index is 12.4. The van der Waals surface area contributed by atoms with Crippen LogP contribution >= 0.6 is 0 Å². The standard InChI is InChI=1S/C10H12F3N5O3S/c1-3-18-5-7(4-14-18)22(19,20)17-6(2)8-15-9(21-16-8)10(11,12)13/h4-6,17H,3H2,1-2H3/t6-/m0/s1. The molecule has 0 radical (unpaired) electrons. The molecular weight excluding hydrogens is 327 g/mol. The molecule has 1 atom stereocenters. The van der Waals surface area contributed by atoms with E-state index in [1.807, 2.05) is 0 Å². The fourth-order valence-electron chi connectivity index (χ4n) is 1.54. The number of hydrogen-bond donors (Lipinski definition) is 1. The van der Waals surface area contributed by atoms with Crippen molar-refractivity contribution in [3.63, 3.8) is 0 Å². The summed E-state index contributed by atoms with van der Waals surface area (Å²) in [6.45, 7) is 3.55. The SMILES string of the molecule is CCn1cc(S(=O)(=O)N[C@@H](C)c2noc(C(F)(F)F)n2)cn1. The molecule has 2 aromatic heterocycles. The Hall–Kier alpha value is -1.95. The lowest BCUT2D eigenvalue weighted by atomic mass is 10.3. The Morgan fingerprint density at radius 2 is 2.14 bits per heavy atom. The first-order chi connectivity index (χ1) is 10.1. The molecule has 22 heavy (non-hydrogen) atoms. The van der Waals surface area contributed by atoms with E-state index in [1.54, 1.807) is 6.92 Å². The third-order valence-electron chi connectivity index (χ3n) is 2.65. The Balaban J connectivity index is 2.17. The highest BCUT2D eigenvalue weighted by atomic mass is 32.2. The van der Waals surface area contributed by atoms with E-state index in [1.165, 1.54) is 17.8 Å². The van der Waals surface area contributed by atoms with Crippen LogP contribution in [-0.2, 0) is 22.7 Å². The smallest absolute Gasteiger partial charge is 0.329 e. The number of rotatable bonds is 5. The maximum Gasteiger partial charge on any atom is 0.471 e. The Morgan fingerprint density at radius 3 is 2.64 bits per heavy atom. The largest absolute Gasteiger partial charge is 0.471 e. The lowest BCUT2D eigenvalue weighted by Gasteiger charge is -2.09. The zero-order chi connectivity index (χ0) is 16.5. The molecular formula is C10H12F3N5O3S. The molecule has 0 saturated heterocycles. The lowest BCUT2D eigenvalue weighted by molar-refractivity contribution is -0.159. The third kappa shape index (κ3) is 3.44. The predicted molar refractivity (Wildman–Crippen MR) is 65.9 cm³/mol. The molecule has 2 aromatic rings. The van der Waals surface area contributed by atoms with E-state index in [2.05, 4.69) is 24.5 Å². The molecule has 12 heteroatoms. The lowest BCUT2D eigenvalue weighted by Crippen LogP contribution is -2.27. The minimum atomic E-state index is -4.79. The molecule has 122 valence electrons. The van der Waals surface area contributed by atoms with Crippen LogP contribution in [0.4, 0.5) is 13.2 Å². The molecule has 0 amide bonds.